The van der Waals surface area contributed by atoms with Gasteiger partial charge in [-0.3, -0.25) is 0 Å². The van der Waals surface area contributed by atoms with Crippen LogP contribution < -0.4 is 11.5 Å². The first-order valence-electron chi connectivity index (χ1n) is 5.68. The van der Waals surface area contributed by atoms with E-state index in [1.807, 2.05) is 24.3 Å². The molecule has 0 aliphatic heterocycles. The zero-order chi connectivity index (χ0) is 11.8. The van der Waals surface area contributed by atoms with Gasteiger partial charge in [0.25, 0.3) is 0 Å². The lowest BCUT2D eigenvalue weighted by atomic mass is 9.91. The van der Waals surface area contributed by atoms with Gasteiger partial charge in [0.1, 0.15) is 0 Å². The van der Waals surface area contributed by atoms with E-state index in [0.29, 0.717) is 0 Å². The Labute approximate surface area is 101 Å². The number of fused-ring (bicyclic) bond motifs is 1. The molecule has 1 unspecified atom stereocenters. The first kappa shape index (κ1) is 9.97. The van der Waals surface area contributed by atoms with Crippen LogP contribution in [0.3, 0.4) is 0 Å². The summed E-state index contributed by atoms with van der Waals surface area (Å²) in [5.41, 5.74) is 17.1. The quantitative estimate of drug-likeness (QED) is 0.729. The SMILES string of the molecule is Nc1ccc(N)c(C2C=Cc3ccccc32)c1. The van der Waals surface area contributed by atoms with Crippen LogP contribution in [-0.2, 0) is 0 Å². The van der Waals surface area contributed by atoms with Crippen LogP contribution in [0.1, 0.15) is 22.6 Å². The fraction of sp³-hybridized carbons (Fsp3) is 0.0667. The number of hydrogen-bond acceptors (Lipinski definition) is 2. The van der Waals surface area contributed by atoms with E-state index in [1.54, 1.807) is 0 Å². The van der Waals surface area contributed by atoms with E-state index in [4.69, 9.17) is 11.5 Å². The zero-order valence-electron chi connectivity index (χ0n) is 9.43. The Morgan fingerprint density at radius 3 is 2.59 bits per heavy atom. The molecule has 0 heterocycles. The van der Waals surface area contributed by atoms with E-state index >= 15 is 0 Å². The highest BCUT2D eigenvalue weighted by molar-refractivity contribution is 5.69. The van der Waals surface area contributed by atoms with Gasteiger partial charge >= 0.3 is 0 Å². The minimum Gasteiger partial charge on any atom is -0.399 e. The number of hydrogen-bond donors (Lipinski definition) is 2. The van der Waals surface area contributed by atoms with Crippen LogP contribution in [0.5, 0.6) is 0 Å². The average Bonchev–Trinajstić information content (AvgIpc) is 2.76. The second-order valence-corrected chi connectivity index (χ2v) is 4.35. The Bertz CT molecular complexity index is 600. The molecule has 2 nitrogen and oxygen atoms in total. The van der Waals surface area contributed by atoms with Crippen molar-refractivity contribution >= 4 is 17.5 Å². The highest BCUT2D eigenvalue weighted by atomic mass is 14.6. The van der Waals surface area contributed by atoms with Crippen molar-refractivity contribution in [3.05, 3.63) is 65.2 Å². The van der Waals surface area contributed by atoms with Crippen LogP contribution in [0, 0.1) is 0 Å². The summed E-state index contributed by atoms with van der Waals surface area (Å²) < 4.78 is 0. The summed E-state index contributed by atoms with van der Waals surface area (Å²) in [6.07, 6.45) is 4.32. The number of allylic oxidation sites excluding steroid dienone is 1. The highest BCUT2D eigenvalue weighted by Crippen LogP contribution is 2.38. The number of nitrogen functional groups attached to an aromatic ring is 2. The van der Waals surface area contributed by atoms with E-state index in [9.17, 15) is 0 Å². The molecule has 0 radical (unpaired) electrons. The molecule has 0 saturated heterocycles. The molecule has 84 valence electrons. The molecule has 1 aliphatic rings. The third-order valence-electron chi connectivity index (χ3n) is 3.25. The molecule has 17 heavy (non-hydrogen) atoms. The molecular weight excluding hydrogens is 208 g/mol. The van der Waals surface area contributed by atoms with Gasteiger partial charge in [0.2, 0.25) is 0 Å². The lowest BCUT2D eigenvalue weighted by Crippen LogP contribution is -2.02. The van der Waals surface area contributed by atoms with Crippen LogP contribution >= 0.6 is 0 Å². The van der Waals surface area contributed by atoms with E-state index in [1.165, 1.54) is 11.1 Å². The summed E-state index contributed by atoms with van der Waals surface area (Å²) >= 11 is 0. The van der Waals surface area contributed by atoms with Gasteiger partial charge in [-0.1, -0.05) is 36.4 Å². The van der Waals surface area contributed by atoms with Crippen molar-refractivity contribution < 1.29 is 0 Å². The molecule has 0 saturated carbocycles. The van der Waals surface area contributed by atoms with Crippen LogP contribution in [0.4, 0.5) is 11.4 Å². The Morgan fingerprint density at radius 2 is 1.71 bits per heavy atom. The van der Waals surface area contributed by atoms with Crippen LogP contribution in [0.25, 0.3) is 6.08 Å². The Balaban J connectivity index is 2.13. The second-order valence-electron chi connectivity index (χ2n) is 4.35. The number of rotatable bonds is 1. The van der Waals surface area contributed by atoms with Crippen molar-refractivity contribution in [1.29, 1.82) is 0 Å². The number of benzene rings is 2. The number of anilines is 2. The van der Waals surface area contributed by atoms with Gasteiger partial charge in [0, 0.05) is 17.3 Å². The summed E-state index contributed by atoms with van der Waals surface area (Å²) in [6, 6.07) is 14.0. The monoisotopic (exact) mass is 222 g/mol. The minimum absolute atomic E-state index is 0.231. The van der Waals surface area contributed by atoms with Crippen LogP contribution in [-0.4, -0.2) is 0 Å². The smallest absolute Gasteiger partial charge is 0.0357 e. The molecule has 0 bridgehead atoms. The molecule has 0 aromatic heterocycles. The Kier molecular flexibility index (Phi) is 2.15. The summed E-state index contributed by atoms with van der Waals surface area (Å²) in [5.74, 6) is 0.231. The maximum absolute atomic E-state index is 6.04. The van der Waals surface area contributed by atoms with Crippen LogP contribution in [0.15, 0.2) is 48.5 Å². The normalized spacial score (nSPS) is 17.1. The molecule has 4 N–H and O–H groups in total. The van der Waals surface area contributed by atoms with Gasteiger partial charge in [0.15, 0.2) is 0 Å². The number of nitrogens with two attached hydrogens (primary N) is 2. The fourth-order valence-electron chi connectivity index (χ4n) is 2.38. The predicted molar refractivity (Wildman–Crippen MR) is 72.6 cm³/mol. The lowest BCUT2D eigenvalue weighted by molar-refractivity contribution is 1.05. The maximum atomic E-state index is 6.04. The van der Waals surface area contributed by atoms with E-state index in [-0.39, 0.29) is 5.92 Å². The largest absolute Gasteiger partial charge is 0.399 e. The molecule has 0 spiro atoms. The Morgan fingerprint density at radius 1 is 0.882 bits per heavy atom. The first-order chi connectivity index (χ1) is 8.25. The third kappa shape index (κ3) is 1.58. The first-order valence-corrected chi connectivity index (χ1v) is 5.68. The predicted octanol–water partition coefficient (Wildman–Crippen LogP) is 3.01. The van der Waals surface area contributed by atoms with Crippen molar-refractivity contribution in [2.24, 2.45) is 0 Å². The van der Waals surface area contributed by atoms with Gasteiger partial charge in [-0.15, -0.1) is 0 Å². The highest BCUT2D eigenvalue weighted by Gasteiger charge is 2.20. The summed E-state index contributed by atoms with van der Waals surface area (Å²) in [5, 5.41) is 0. The second kappa shape index (κ2) is 3.67. The zero-order valence-corrected chi connectivity index (χ0v) is 9.43. The van der Waals surface area contributed by atoms with Gasteiger partial charge in [0.05, 0.1) is 0 Å². The Hall–Kier alpha value is -2.22. The topological polar surface area (TPSA) is 52.0 Å². The van der Waals surface area contributed by atoms with Crippen molar-refractivity contribution in [3.8, 4) is 0 Å². The van der Waals surface area contributed by atoms with E-state index in [2.05, 4.69) is 30.4 Å². The van der Waals surface area contributed by atoms with Crippen molar-refractivity contribution in [2.45, 2.75) is 5.92 Å². The van der Waals surface area contributed by atoms with Gasteiger partial charge < -0.3 is 11.5 Å². The third-order valence-corrected chi connectivity index (χ3v) is 3.25. The molecule has 2 heteroatoms. The summed E-state index contributed by atoms with van der Waals surface area (Å²) in [7, 11) is 0. The summed E-state index contributed by atoms with van der Waals surface area (Å²) in [6.45, 7) is 0. The molecule has 0 fully saturated rings. The molecule has 0 amide bonds. The van der Waals surface area contributed by atoms with E-state index < -0.39 is 0 Å². The minimum atomic E-state index is 0.231. The van der Waals surface area contributed by atoms with Crippen molar-refractivity contribution in [1.82, 2.24) is 0 Å². The molecule has 2 aromatic rings. The molecule has 1 aliphatic carbocycles. The van der Waals surface area contributed by atoms with Gasteiger partial charge in [-0.05, 0) is 34.9 Å². The summed E-state index contributed by atoms with van der Waals surface area (Å²) in [4.78, 5) is 0. The molecular formula is C15H14N2. The van der Waals surface area contributed by atoms with Gasteiger partial charge in [-0.2, -0.15) is 0 Å². The van der Waals surface area contributed by atoms with Crippen LogP contribution in [0.2, 0.25) is 0 Å². The molecule has 1 atom stereocenters. The fourth-order valence-corrected chi connectivity index (χ4v) is 2.38. The van der Waals surface area contributed by atoms with Crippen molar-refractivity contribution in [2.75, 3.05) is 11.5 Å². The lowest BCUT2D eigenvalue weighted by Gasteiger charge is -2.14. The van der Waals surface area contributed by atoms with Gasteiger partial charge in [-0.25, -0.2) is 0 Å². The molecule has 2 aromatic carbocycles. The standard InChI is InChI=1S/C15H14N2/c16-11-6-8-15(17)14(9-11)13-7-5-10-3-1-2-4-12(10)13/h1-9,13H,16-17H2. The average molecular weight is 222 g/mol. The van der Waals surface area contributed by atoms with Crippen molar-refractivity contribution in [3.63, 3.8) is 0 Å². The maximum Gasteiger partial charge on any atom is 0.0357 e. The van der Waals surface area contributed by atoms with E-state index in [0.717, 1.165) is 16.9 Å². The molecule has 3 rings (SSSR count).